The summed E-state index contributed by atoms with van der Waals surface area (Å²) in [7, 11) is 0. The van der Waals surface area contributed by atoms with E-state index in [-0.39, 0.29) is 11.8 Å². The summed E-state index contributed by atoms with van der Waals surface area (Å²) in [6.07, 6.45) is -3.79. The van der Waals surface area contributed by atoms with Gasteiger partial charge in [0.25, 0.3) is 0 Å². The molecule has 134 valence electrons. The number of rotatable bonds is 4. The van der Waals surface area contributed by atoms with Crippen molar-refractivity contribution in [1.82, 2.24) is 9.97 Å². The summed E-state index contributed by atoms with van der Waals surface area (Å²) in [5.41, 5.74) is 1.36. The molecule has 0 aliphatic carbocycles. The van der Waals surface area contributed by atoms with Crippen LogP contribution in [0.5, 0.6) is 0 Å². The van der Waals surface area contributed by atoms with Crippen LogP contribution in [0, 0.1) is 10.5 Å². The van der Waals surface area contributed by atoms with Gasteiger partial charge >= 0.3 is 6.18 Å². The highest BCUT2D eigenvalue weighted by atomic mass is 127. The van der Waals surface area contributed by atoms with Gasteiger partial charge in [0, 0.05) is 21.1 Å². The van der Waals surface area contributed by atoms with E-state index in [1.165, 1.54) is 0 Å². The second-order valence-electron chi connectivity index (χ2n) is 5.58. The zero-order chi connectivity index (χ0) is 18.7. The maximum absolute atomic E-state index is 13.3. The molecule has 0 saturated carbocycles. The van der Waals surface area contributed by atoms with Crippen LogP contribution < -0.4 is 10.6 Å². The highest BCUT2D eigenvalue weighted by Gasteiger charge is 2.35. The Balaban J connectivity index is 1.94. The van der Waals surface area contributed by atoms with Gasteiger partial charge in [0.1, 0.15) is 11.4 Å². The minimum atomic E-state index is -4.56. The van der Waals surface area contributed by atoms with Gasteiger partial charge in [-0.2, -0.15) is 18.2 Å². The molecule has 0 amide bonds. The molecule has 0 radical (unpaired) electrons. The SMILES string of the molecule is Cc1ccc(Nc2ncc(C(F)(F)F)c(Nc3cccc(I)c3)n2)cc1. The first kappa shape index (κ1) is 18.4. The zero-order valence-corrected chi connectivity index (χ0v) is 15.8. The molecule has 26 heavy (non-hydrogen) atoms. The quantitative estimate of drug-likeness (QED) is 0.467. The Labute approximate surface area is 162 Å². The normalized spacial score (nSPS) is 11.3. The van der Waals surface area contributed by atoms with E-state index in [1.807, 2.05) is 37.3 Å². The number of hydrogen-bond acceptors (Lipinski definition) is 4. The highest BCUT2D eigenvalue weighted by molar-refractivity contribution is 14.1. The molecule has 1 aromatic heterocycles. The Morgan fingerprint density at radius 1 is 0.962 bits per heavy atom. The van der Waals surface area contributed by atoms with Crippen molar-refractivity contribution in [2.24, 2.45) is 0 Å². The number of alkyl halides is 3. The van der Waals surface area contributed by atoms with E-state index < -0.39 is 11.7 Å². The number of aryl methyl sites for hydroxylation is 1. The number of hydrogen-bond donors (Lipinski definition) is 2. The van der Waals surface area contributed by atoms with Gasteiger partial charge in [0.15, 0.2) is 0 Å². The van der Waals surface area contributed by atoms with E-state index in [0.717, 1.165) is 15.3 Å². The average Bonchev–Trinajstić information content (AvgIpc) is 2.56. The predicted octanol–water partition coefficient (Wildman–Crippen LogP) is 5.90. The maximum Gasteiger partial charge on any atom is 0.421 e. The number of halogens is 4. The summed E-state index contributed by atoms with van der Waals surface area (Å²) in [6.45, 7) is 1.95. The van der Waals surface area contributed by atoms with Gasteiger partial charge in [-0.15, -0.1) is 0 Å². The molecule has 0 atom stereocenters. The smallest absolute Gasteiger partial charge is 0.340 e. The third-order valence-corrected chi connectivity index (χ3v) is 4.16. The molecule has 2 aromatic carbocycles. The number of nitrogens with one attached hydrogen (secondary N) is 2. The Morgan fingerprint density at radius 3 is 2.35 bits per heavy atom. The van der Waals surface area contributed by atoms with E-state index in [4.69, 9.17) is 0 Å². The summed E-state index contributed by atoms with van der Waals surface area (Å²) < 4.78 is 40.8. The van der Waals surface area contributed by atoms with Crippen molar-refractivity contribution >= 4 is 45.7 Å². The lowest BCUT2D eigenvalue weighted by Crippen LogP contribution is -2.12. The fourth-order valence-electron chi connectivity index (χ4n) is 2.21. The summed E-state index contributed by atoms with van der Waals surface area (Å²) >= 11 is 2.09. The van der Waals surface area contributed by atoms with Crippen LogP contribution in [-0.4, -0.2) is 9.97 Å². The average molecular weight is 470 g/mol. The van der Waals surface area contributed by atoms with Gasteiger partial charge in [-0.25, -0.2) is 4.98 Å². The molecule has 0 bridgehead atoms. The fraction of sp³-hybridized carbons (Fsp3) is 0.111. The zero-order valence-electron chi connectivity index (χ0n) is 13.6. The molecule has 3 aromatic rings. The lowest BCUT2D eigenvalue weighted by Gasteiger charge is -2.15. The van der Waals surface area contributed by atoms with Crippen LogP contribution in [0.1, 0.15) is 11.1 Å². The monoisotopic (exact) mass is 470 g/mol. The topological polar surface area (TPSA) is 49.8 Å². The second kappa shape index (κ2) is 7.48. The molecule has 4 nitrogen and oxygen atoms in total. The molecule has 0 unspecified atom stereocenters. The molecule has 1 heterocycles. The summed E-state index contributed by atoms with van der Waals surface area (Å²) in [4.78, 5) is 7.83. The first-order chi connectivity index (χ1) is 12.3. The van der Waals surface area contributed by atoms with Gasteiger partial charge in [0.2, 0.25) is 5.95 Å². The van der Waals surface area contributed by atoms with E-state index in [1.54, 1.807) is 18.2 Å². The van der Waals surface area contributed by atoms with Crippen molar-refractivity contribution in [2.45, 2.75) is 13.1 Å². The van der Waals surface area contributed by atoms with Crippen LogP contribution in [0.2, 0.25) is 0 Å². The van der Waals surface area contributed by atoms with Crippen molar-refractivity contribution < 1.29 is 13.2 Å². The molecular formula is C18H14F3IN4. The molecule has 0 aliphatic heterocycles. The molecule has 0 aliphatic rings. The predicted molar refractivity (Wildman–Crippen MR) is 104 cm³/mol. The molecule has 3 rings (SSSR count). The minimum absolute atomic E-state index is 0.0787. The van der Waals surface area contributed by atoms with E-state index in [2.05, 4.69) is 43.2 Å². The summed E-state index contributed by atoms with van der Waals surface area (Å²) in [5, 5.41) is 5.66. The Hall–Kier alpha value is -2.36. The highest BCUT2D eigenvalue weighted by Crippen LogP contribution is 2.35. The van der Waals surface area contributed by atoms with Crippen LogP contribution >= 0.6 is 22.6 Å². The maximum atomic E-state index is 13.3. The van der Waals surface area contributed by atoms with Gasteiger partial charge in [-0.3, -0.25) is 0 Å². The van der Waals surface area contributed by atoms with E-state index >= 15 is 0 Å². The molecule has 0 spiro atoms. The van der Waals surface area contributed by atoms with Crippen LogP contribution in [0.25, 0.3) is 0 Å². The minimum Gasteiger partial charge on any atom is -0.340 e. The fourth-order valence-corrected chi connectivity index (χ4v) is 2.76. The standard InChI is InChI=1S/C18H14F3IN4/c1-11-5-7-13(8-6-11)25-17-23-10-15(18(19,20)21)16(26-17)24-14-4-2-3-12(22)9-14/h2-10H,1H3,(H2,23,24,25,26). The Morgan fingerprint density at radius 2 is 1.69 bits per heavy atom. The number of nitrogens with zero attached hydrogens (tertiary/aromatic N) is 2. The molecular weight excluding hydrogens is 456 g/mol. The lowest BCUT2D eigenvalue weighted by molar-refractivity contribution is -0.137. The van der Waals surface area contributed by atoms with Crippen LogP contribution in [0.15, 0.2) is 54.7 Å². The van der Waals surface area contributed by atoms with Crippen LogP contribution in [0.4, 0.5) is 36.3 Å². The van der Waals surface area contributed by atoms with Gasteiger partial charge < -0.3 is 10.6 Å². The first-order valence-corrected chi connectivity index (χ1v) is 8.70. The molecule has 0 saturated heterocycles. The van der Waals surface area contributed by atoms with Gasteiger partial charge in [-0.1, -0.05) is 23.8 Å². The van der Waals surface area contributed by atoms with E-state index in [0.29, 0.717) is 11.4 Å². The summed E-state index contributed by atoms with van der Waals surface area (Å²) in [5.74, 6) is -0.223. The Kier molecular flexibility index (Phi) is 5.30. The molecule has 2 N–H and O–H groups in total. The largest absolute Gasteiger partial charge is 0.421 e. The van der Waals surface area contributed by atoms with Crippen LogP contribution in [0.3, 0.4) is 0 Å². The molecule has 0 fully saturated rings. The van der Waals surface area contributed by atoms with Crippen LogP contribution in [-0.2, 0) is 6.18 Å². The van der Waals surface area contributed by atoms with E-state index in [9.17, 15) is 13.2 Å². The number of benzene rings is 2. The van der Waals surface area contributed by atoms with Crippen molar-refractivity contribution in [3.8, 4) is 0 Å². The van der Waals surface area contributed by atoms with Crippen molar-refractivity contribution in [3.05, 3.63) is 69.4 Å². The molecule has 8 heteroatoms. The van der Waals surface area contributed by atoms with Crippen molar-refractivity contribution in [2.75, 3.05) is 10.6 Å². The van der Waals surface area contributed by atoms with Crippen molar-refractivity contribution in [3.63, 3.8) is 0 Å². The Bertz CT molecular complexity index is 911. The lowest BCUT2D eigenvalue weighted by atomic mass is 10.2. The second-order valence-corrected chi connectivity index (χ2v) is 6.83. The number of anilines is 4. The third kappa shape index (κ3) is 4.63. The first-order valence-electron chi connectivity index (χ1n) is 7.62. The van der Waals surface area contributed by atoms with Crippen molar-refractivity contribution in [1.29, 1.82) is 0 Å². The van der Waals surface area contributed by atoms with Gasteiger partial charge in [-0.05, 0) is 59.8 Å². The third-order valence-electron chi connectivity index (χ3n) is 3.49. The van der Waals surface area contributed by atoms with Gasteiger partial charge in [0.05, 0.1) is 0 Å². The summed E-state index contributed by atoms with van der Waals surface area (Å²) in [6, 6.07) is 14.4. The number of aromatic nitrogens is 2.